The van der Waals surface area contributed by atoms with Gasteiger partial charge in [-0.1, -0.05) is 48.5 Å². The molecule has 0 saturated carbocycles. The lowest BCUT2D eigenvalue weighted by Gasteiger charge is -2.14. The molecule has 0 radical (unpaired) electrons. The van der Waals surface area contributed by atoms with E-state index in [1.807, 2.05) is 24.3 Å². The number of benzene rings is 2. The number of hydrogen-bond donors (Lipinski definition) is 2. The highest BCUT2D eigenvalue weighted by Crippen LogP contribution is 2.44. The summed E-state index contributed by atoms with van der Waals surface area (Å²) < 4.78 is 7.06. The number of aromatic carboxylic acids is 1. The van der Waals surface area contributed by atoms with E-state index in [4.69, 9.17) is 9.84 Å². The lowest BCUT2D eigenvalue weighted by molar-refractivity contribution is 0.0690. The molecule has 2 aromatic carbocycles. The smallest absolute Gasteiger partial charge is 0.407 e. The summed E-state index contributed by atoms with van der Waals surface area (Å²) in [4.78, 5) is 26.7. The van der Waals surface area contributed by atoms with Crippen molar-refractivity contribution in [3.05, 3.63) is 77.9 Å². The second-order valence-corrected chi connectivity index (χ2v) is 6.55. The van der Waals surface area contributed by atoms with E-state index in [-0.39, 0.29) is 18.2 Å². The molecule has 1 amide bonds. The van der Waals surface area contributed by atoms with Crippen molar-refractivity contribution in [2.45, 2.75) is 12.5 Å². The average Bonchev–Trinajstić information content (AvgIpc) is 3.30. The summed E-state index contributed by atoms with van der Waals surface area (Å²) in [5.74, 6) is -1.06. The molecule has 142 valence electrons. The molecule has 3 aromatic rings. The molecule has 1 heterocycles. The monoisotopic (exact) mass is 377 g/mol. The topological polar surface area (TPSA) is 93.5 Å². The molecule has 0 spiro atoms. The normalized spacial score (nSPS) is 12.3. The molecule has 4 rings (SSSR count). The molecule has 1 aromatic heterocycles. The summed E-state index contributed by atoms with van der Waals surface area (Å²) in [5, 5.41) is 11.5. The lowest BCUT2D eigenvalue weighted by atomic mass is 9.98. The Balaban J connectivity index is 1.33. The Morgan fingerprint density at radius 2 is 1.71 bits per heavy atom. The first-order chi connectivity index (χ1) is 13.6. The van der Waals surface area contributed by atoms with Crippen LogP contribution in [-0.4, -0.2) is 39.9 Å². The number of amides is 1. The predicted octanol–water partition coefficient (Wildman–Crippen LogP) is 3.12. The van der Waals surface area contributed by atoms with Gasteiger partial charge in [-0.2, -0.15) is 0 Å². The fourth-order valence-electron chi connectivity index (χ4n) is 3.53. The van der Waals surface area contributed by atoms with Gasteiger partial charge in [0.1, 0.15) is 6.61 Å². The van der Waals surface area contributed by atoms with E-state index in [1.54, 1.807) is 4.57 Å². The number of carbonyl (C=O) groups is 2. The standard InChI is InChI=1S/C21H19N3O4/c25-20(26)19-11-24(13-23-19)10-9-22-21(27)28-12-18-16-7-3-1-5-14(16)15-6-2-4-8-17(15)18/h1-8,11,13,18H,9-10,12H2,(H,22,27)(H,25,26). The van der Waals surface area contributed by atoms with E-state index in [1.165, 1.54) is 23.7 Å². The quantitative estimate of drug-likeness (QED) is 0.688. The van der Waals surface area contributed by atoms with E-state index >= 15 is 0 Å². The molecule has 28 heavy (non-hydrogen) atoms. The summed E-state index contributed by atoms with van der Waals surface area (Å²) in [6.07, 6.45) is 2.34. The molecule has 7 nitrogen and oxygen atoms in total. The summed E-state index contributed by atoms with van der Waals surface area (Å²) in [6, 6.07) is 16.3. The maximum absolute atomic E-state index is 12.1. The Morgan fingerprint density at radius 3 is 2.32 bits per heavy atom. The number of rotatable bonds is 6. The number of nitrogens with zero attached hydrogens (tertiary/aromatic N) is 2. The van der Waals surface area contributed by atoms with Gasteiger partial charge in [-0.25, -0.2) is 14.6 Å². The molecular weight excluding hydrogens is 358 g/mol. The van der Waals surface area contributed by atoms with Gasteiger partial charge in [0.15, 0.2) is 5.69 Å². The fourth-order valence-corrected chi connectivity index (χ4v) is 3.53. The van der Waals surface area contributed by atoms with Crippen molar-refractivity contribution < 1.29 is 19.4 Å². The van der Waals surface area contributed by atoms with E-state index < -0.39 is 12.1 Å². The molecule has 0 bridgehead atoms. The molecule has 2 N–H and O–H groups in total. The first kappa shape index (κ1) is 17.8. The van der Waals surface area contributed by atoms with Crippen molar-refractivity contribution >= 4 is 12.1 Å². The van der Waals surface area contributed by atoms with Crippen LogP contribution in [0, 0.1) is 0 Å². The van der Waals surface area contributed by atoms with Gasteiger partial charge in [-0.3, -0.25) is 0 Å². The predicted molar refractivity (Wildman–Crippen MR) is 102 cm³/mol. The van der Waals surface area contributed by atoms with Crippen LogP contribution in [0.1, 0.15) is 27.5 Å². The van der Waals surface area contributed by atoms with Crippen LogP contribution >= 0.6 is 0 Å². The maximum Gasteiger partial charge on any atom is 0.407 e. The zero-order chi connectivity index (χ0) is 19.5. The third-order valence-corrected chi connectivity index (χ3v) is 4.84. The van der Waals surface area contributed by atoms with Crippen molar-refractivity contribution in [2.75, 3.05) is 13.2 Å². The van der Waals surface area contributed by atoms with Gasteiger partial charge in [0.25, 0.3) is 0 Å². The second-order valence-electron chi connectivity index (χ2n) is 6.55. The highest BCUT2D eigenvalue weighted by molar-refractivity contribution is 5.84. The number of carbonyl (C=O) groups excluding carboxylic acids is 1. The summed E-state index contributed by atoms with van der Waals surface area (Å²) in [5.41, 5.74) is 4.66. The molecule has 0 unspecified atom stereocenters. The first-order valence-corrected chi connectivity index (χ1v) is 8.97. The molecule has 0 fully saturated rings. The van der Waals surface area contributed by atoms with Gasteiger partial charge in [-0.15, -0.1) is 0 Å². The van der Waals surface area contributed by atoms with Crippen LogP contribution < -0.4 is 5.32 Å². The summed E-state index contributed by atoms with van der Waals surface area (Å²) in [6.45, 7) is 0.977. The van der Waals surface area contributed by atoms with Crippen LogP contribution in [0.3, 0.4) is 0 Å². The van der Waals surface area contributed by atoms with Crippen LogP contribution in [-0.2, 0) is 11.3 Å². The zero-order valence-corrected chi connectivity index (χ0v) is 15.0. The number of carboxylic acid groups (broad SMARTS) is 1. The molecule has 0 saturated heterocycles. The molecule has 0 aliphatic heterocycles. The maximum atomic E-state index is 12.1. The van der Waals surface area contributed by atoms with Gasteiger partial charge in [0.2, 0.25) is 0 Å². The van der Waals surface area contributed by atoms with Crippen molar-refractivity contribution in [3.63, 3.8) is 0 Å². The minimum Gasteiger partial charge on any atom is -0.476 e. The highest BCUT2D eigenvalue weighted by Gasteiger charge is 2.28. The molecule has 1 aliphatic carbocycles. The molecule has 1 aliphatic rings. The number of imidazole rings is 1. The first-order valence-electron chi connectivity index (χ1n) is 8.97. The van der Waals surface area contributed by atoms with Crippen LogP contribution in [0.25, 0.3) is 11.1 Å². The Kier molecular flexibility index (Phi) is 4.80. The van der Waals surface area contributed by atoms with Crippen LogP contribution in [0.4, 0.5) is 4.79 Å². The Hall–Kier alpha value is -3.61. The van der Waals surface area contributed by atoms with Gasteiger partial charge in [0.05, 0.1) is 6.33 Å². The number of ether oxygens (including phenoxy) is 1. The van der Waals surface area contributed by atoms with E-state index in [2.05, 4.69) is 34.6 Å². The number of nitrogens with one attached hydrogen (secondary N) is 1. The number of alkyl carbamates (subject to hydrolysis) is 1. The summed E-state index contributed by atoms with van der Waals surface area (Å²) >= 11 is 0. The van der Waals surface area contributed by atoms with Crippen LogP contribution in [0.5, 0.6) is 0 Å². The minimum atomic E-state index is -1.08. The van der Waals surface area contributed by atoms with Gasteiger partial charge >= 0.3 is 12.1 Å². The van der Waals surface area contributed by atoms with E-state index in [9.17, 15) is 9.59 Å². The summed E-state index contributed by atoms with van der Waals surface area (Å²) in [7, 11) is 0. The van der Waals surface area contributed by atoms with Crippen molar-refractivity contribution in [1.82, 2.24) is 14.9 Å². The minimum absolute atomic E-state index is 0.0184. The van der Waals surface area contributed by atoms with E-state index in [0.29, 0.717) is 13.1 Å². The fraction of sp³-hybridized carbons (Fsp3) is 0.190. The highest BCUT2D eigenvalue weighted by atomic mass is 16.5. The van der Waals surface area contributed by atoms with E-state index in [0.717, 1.165) is 11.1 Å². The molecular formula is C21H19N3O4. The number of hydrogen-bond acceptors (Lipinski definition) is 4. The average molecular weight is 377 g/mol. The van der Waals surface area contributed by atoms with Gasteiger partial charge in [-0.05, 0) is 22.3 Å². The third kappa shape index (κ3) is 3.46. The Bertz CT molecular complexity index is 982. The largest absolute Gasteiger partial charge is 0.476 e. The third-order valence-electron chi connectivity index (χ3n) is 4.84. The van der Waals surface area contributed by atoms with Crippen molar-refractivity contribution in [1.29, 1.82) is 0 Å². The molecule has 7 heteroatoms. The number of aromatic nitrogens is 2. The molecule has 0 atom stereocenters. The van der Waals surface area contributed by atoms with Crippen LogP contribution in [0.2, 0.25) is 0 Å². The van der Waals surface area contributed by atoms with Gasteiger partial charge < -0.3 is 19.7 Å². The van der Waals surface area contributed by atoms with Crippen molar-refractivity contribution in [3.8, 4) is 11.1 Å². The number of fused-ring (bicyclic) bond motifs is 3. The lowest BCUT2D eigenvalue weighted by Crippen LogP contribution is -2.29. The van der Waals surface area contributed by atoms with Gasteiger partial charge in [0, 0.05) is 25.2 Å². The second kappa shape index (κ2) is 7.56. The zero-order valence-electron chi connectivity index (χ0n) is 15.0. The Morgan fingerprint density at radius 1 is 1.07 bits per heavy atom. The van der Waals surface area contributed by atoms with Crippen LogP contribution in [0.15, 0.2) is 61.1 Å². The number of carboxylic acids is 1. The Labute approximate surface area is 161 Å². The SMILES string of the molecule is O=C(NCCn1cnc(C(=O)O)c1)OCC1c2ccccc2-c2ccccc21. The van der Waals surface area contributed by atoms with Crippen molar-refractivity contribution in [2.24, 2.45) is 0 Å².